The van der Waals surface area contributed by atoms with Crippen LogP contribution >= 0.6 is 0 Å². The van der Waals surface area contributed by atoms with Gasteiger partial charge in [0.05, 0.1) is 6.54 Å². The first-order valence-corrected chi connectivity index (χ1v) is 5.35. The third-order valence-corrected chi connectivity index (χ3v) is 2.20. The van der Waals surface area contributed by atoms with Gasteiger partial charge in [0.1, 0.15) is 0 Å². The van der Waals surface area contributed by atoms with Crippen molar-refractivity contribution >= 4 is 11.9 Å². The smallest absolute Gasteiger partial charge is 0.242 e. The molecule has 5 heteroatoms. The summed E-state index contributed by atoms with van der Waals surface area (Å²) in [6.45, 7) is 8.22. The molecule has 5 nitrogen and oxygen atoms in total. The molecular formula is C10H22N4O. The van der Waals surface area contributed by atoms with Crippen molar-refractivity contribution in [2.45, 2.75) is 20.8 Å². The summed E-state index contributed by atoms with van der Waals surface area (Å²) in [6.07, 6.45) is 0. The average Bonchev–Trinajstić information content (AvgIpc) is 2.19. The molecule has 1 amide bonds. The van der Waals surface area contributed by atoms with Crippen molar-refractivity contribution in [2.75, 3.05) is 33.2 Å². The molecule has 0 aliphatic heterocycles. The van der Waals surface area contributed by atoms with E-state index in [1.54, 1.807) is 16.8 Å². The summed E-state index contributed by atoms with van der Waals surface area (Å²) in [6, 6.07) is 0. The van der Waals surface area contributed by atoms with Gasteiger partial charge in [-0.25, -0.2) is 0 Å². The van der Waals surface area contributed by atoms with E-state index in [1.165, 1.54) is 0 Å². The Hall–Kier alpha value is -1.26. The van der Waals surface area contributed by atoms with Crippen molar-refractivity contribution in [3.63, 3.8) is 0 Å². The van der Waals surface area contributed by atoms with Crippen LogP contribution in [0.4, 0.5) is 0 Å². The SMILES string of the molecule is CCN=C(N)N(C)CC(=O)N(CC)CC. The van der Waals surface area contributed by atoms with E-state index in [4.69, 9.17) is 5.73 Å². The minimum absolute atomic E-state index is 0.0803. The van der Waals surface area contributed by atoms with E-state index in [0.29, 0.717) is 12.5 Å². The van der Waals surface area contributed by atoms with E-state index in [9.17, 15) is 4.79 Å². The van der Waals surface area contributed by atoms with Gasteiger partial charge in [0.2, 0.25) is 5.91 Å². The molecule has 0 bridgehead atoms. The Labute approximate surface area is 91.9 Å². The minimum Gasteiger partial charge on any atom is -0.370 e. The Balaban J connectivity index is 4.22. The number of carbonyl (C=O) groups is 1. The summed E-state index contributed by atoms with van der Waals surface area (Å²) in [4.78, 5) is 19.2. The average molecular weight is 214 g/mol. The van der Waals surface area contributed by atoms with E-state index >= 15 is 0 Å². The lowest BCUT2D eigenvalue weighted by molar-refractivity contribution is -0.130. The number of nitrogens with two attached hydrogens (primary N) is 1. The van der Waals surface area contributed by atoms with Crippen LogP contribution in [0.3, 0.4) is 0 Å². The Bertz CT molecular complexity index is 223. The van der Waals surface area contributed by atoms with E-state index in [1.807, 2.05) is 20.8 Å². The zero-order valence-corrected chi connectivity index (χ0v) is 10.2. The molecule has 0 atom stereocenters. The van der Waals surface area contributed by atoms with Crippen molar-refractivity contribution in [2.24, 2.45) is 10.7 Å². The standard InChI is InChI=1S/C10H22N4O/c1-5-12-10(11)13(4)8-9(15)14(6-2)7-3/h5-8H2,1-4H3,(H2,11,12). The van der Waals surface area contributed by atoms with Gasteiger partial charge in [-0.15, -0.1) is 0 Å². The molecule has 0 saturated heterocycles. The molecule has 0 fully saturated rings. The highest BCUT2D eigenvalue weighted by Crippen LogP contribution is 1.92. The van der Waals surface area contributed by atoms with E-state index < -0.39 is 0 Å². The van der Waals surface area contributed by atoms with E-state index in [2.05, 4.69) is 4.99 Å². The zero-order valence-electron chi connectivity index (χ0n) is 10.2. The summed E-state index contributed by atoms with van der Waals surface area (Å²) >= 11 is 0. The number of nitrogens with zero attached hydrogens (tertiary/aromatic N) is 3. The van der Waals surface area contributed by atoms with Crippen LogP contribution < -0.4 is 5.73 Å². The summed E-state index contributed by atoms with van der Waals surface area (Å²) in [7, 11) is 1.77. The molecule has 0 aliphatic rings. The summed E-state index contributed by atoms with van der Waals surface area (Å²) in [5.41, 5.74) is 5.66. The molecule has 2 N–H and O–H groups in total. The first kappa shape index (κ1) is 13.7. The molecule has 0 unspecified atom stereocenters. The molecule has 0 spiro atoms. The van der Waals surface area contributed by atoms with E-state index in [-0.39, 0.29) is 12.5 Å². The second-order valence-electron chi connectivity index (χ2n) is 3.25. The Kier molecular flexibility index (Phi) is 6.49. The second-order valence-corrected chi connectivity index (χ2v) is 3.25. The molecule has 0 aromatic carbocycles. The maximum atomic E-state index is 11.7. The van der Waals surface area contributed by atoms with Gasteiger partial charge in [-0.2, -0.15) is 0 Å². The summed E-state index contributed by atoms with van der Waals surface area (Å²) < 4.78 is 0. The van der Waals surface area contributed by atoms with Crippen molar-refractivity contribution < 1.29 is 4.79 Å². The number of amides is 1. The first-order valence-electron chi connectivity index (χ1n) is 5.35. The number of hydrogen-bond donors (Lipinski definition) is 1. The fourth-order valence-electron chi connectivity index (χ4n) is 1.24. The lowest BCUT2D eigenvalue weighted by atomic mass is 10.4. The highest BCUT2D eigenvalue weighted by molar-refractivity contribution is 5.85. The van der Waals surface area contributed by atoms with E-state index in [0.717, 1.165) is 13.1 Å². The van der Waals surface area contributed by atoms with Crippen LogP contribution in [-0.4, -0.2) is 54.9 Å². The van der Waals surface area contributed by atoms with Gasteiger partial charge in [0.25, 0.3) is 0 Å². The van der Waals surface area contributed by atoms with Gasteiger partial charge < -0.3 is 15.5 Å². The maximum absolute atomic E-state index is 11.7. The van der Waals surface area contributed by atoms with Crippen LogP contribution in [0.15, 0.2) is 4.99 Å². The van der Waals surface area contributed by atoms with Crippen LogP contribution in [0.1, 0.15) is 20.8 Å². The number of likely N-dealkylation sites (N-methyl/N-ethyl adjacent to an activating group) is 2. The number of carbonyl (C=O) groups excluding carboxylic acids is 1. The van der Waals surface area contributed by atoms with Gasteiger partial charge in [-0.3, -0.25) is 9.79 Å². The largest absolute Gasteiger partial charge is 0.370 e. The predicted octanol–water partition coefficient (Wildman–Crippen LogP) is 0.121. The lowest BCUT2D eigenvalue weighted by Crippen LogP contribution is -2.43. The molecule has 88 valence electrons. The van der Waals surface area contributed by atoms with Crippen molar-refractivity contribution in [1.29, 1.82) is 0 Å². The monoisotopic (exact) mass is 214 g/mol. The number of guanidine groups is 1. The van der Waals surface area contributed by atoms with Crippen molar-refractivity contribution in [3.8, 4) is 0 Å². The second kappa shape index (κ2) is 7.09. The lowest BCUT2D eigenvalue weighted by Gasteiger charge is -2.23. The van der Waals surface area contributed by atoms with Crippen LogP contribution in [0.25, 0.3) is 0 Å². The van der Waals surface area contributed by atoms with Gasteiger partial charge >= 0.3 is 0 Å². The quantitative estimate of drug-likeness (QED) is 0.522. The number of hydrogen-bond acceptors (Lipinski definition) is 2. The van der Waals surface area contributed by atoms with Gasteiger partial charge in [0.15, 0.2) is 5.96 Å². The molecule has 0 rings (SSSR count). The van der Waals surface area contributed by atoms with Crippen LogP contribution in [0.5, 0.6) is 0 Å². The molecule has 0 aromatic rings. The molecular weight excluding hydrogens is 192 g/mol. The Morgan fingerprint density at radius 2 is 1.80 bits per heavy atom. The Morgan fingerprint density at radius 1 is 1.27 bits per heavy atom. The van der Waals surface area contributed by atoms with Gasteiger partial charge in [-0.1, -0.05) is 0 Å². The number of aliphatic imine (C=N–C) groups is 1. The van der Waals surface area contributed by atoms with Crippen LogP contribution in [0.2, 0.25) is 0 Å². The fourth-order valence-corrected chi connectivity index (χ4v) is 1.24. The molecule has 0 aromatic heterocycles. The van der Waals surface area contributed by atoms with Crippen molar-refractivity contribution in [1.82, 2.24) is 9.80 Å². The molecule has 0 aliphatic carbocycles. The van der Waals surface area contributed by atoms with Crippen LogP contribution in [0, 0.1) is 0 Å². The highest BCUT2D eigenvalue weighted by Gasteiger charge is 2.12. The first-order chi connectivity index (χ1) is 7.06. The Morgan fingerprint density at radius 3 is 2.20 bits per heavy atom. The molecule has 15 heavy (non-hydrogen) atoms. The highest BCUT2D eigenvalue weighted by atomic mass is 16.2. The summed E-state index contributed by atoms with van der Waals surface area (Å²) in [5.74, 6) is 0.495. The zero-order chi connectivity index (χ0) is 11.8. The fraction of sp³-hybridized carbons (Fsp3) is 0.800. The third-order valence-electron chi connectivity index (χ3n) is 2.20. The maximum Gasteiger partial charge on any atom is 0.242 e. The minimum atomic E-state index is 0.0803. The van der Waals surface area contributed by atoms with Gasteiger partial charge in [-0.05, 0) is 20.8 Å². The summed E-state index contributed by atoms with van der Waals surface area (Å²) in [5, 5.41) is 0. The van der Waals surface area contributed by atoms with Gasteiger partial charge in [0, 0.05) is 26.7 Å². The topological polar surface area (TPSA) is 61.9 Å². The third kappa shape index (κ3) is 4.67. The number of rotatable bonds is 5. The normalized spacial score (nSPS) is 11.3. The predicted molar refractivity (Wildman–Crippen MR) is 62.7 cm³/mol. The molecule has 0 saturated carbocycles. The van der Waals surface area contributed by atoms with Crippen molar-refractivity contribution in [3.05, 3.63) is 0 Å². The molecule has 0 radical (unpaired) electrons. The molecule has 0 heterocycles. The van der Waals surface area contributed by atoms with Crippen LogP contribution in [-0.2, 0) is 4.79 Å².